The highest BCUT2D eigenvalue weighted by molar-refractivity contribution is 7.09. The van der Waals surface area contributed by atoms with Crippen molar-refractivity contribution in [3.8, 4) is 0 Å². The van der Waals surface area contributed by atoms with Gasteiger partial charge in [-0.1, -0.05) is 6.07 Å². The summed E-state index contributed by atoms with van der Waals surface area (Å²) in [5.41, 5.74) is -0.473. The van der Waals surface area contributed by atoms with Crippen LogP contribution in [0.1, 0.15) is 39.0 Å². The van der Waals surface area contributed by atoms with E-state index in [1.165, 1.54) is 4.88 Å². The van der Waals surface area contributed by atoms with Crippen LogP contribution in [-0.4, -0.2) is 48.2 Å². The zero-order valence-corrected chi connectivity index (χ0v) is 15.8. The Morgan fingerprint density at radius 2 is 2.29 bits per heavy atom. The molecule has 1 aliphatic heterocycles. The summed E-state index contributed by atoms with van der Waals surface area (Å²) in [5, 5.41) is 8.35. The number of aliphatic imine (C=N–C) groups is 1. The van der Waals surface area contributed by atoms with Gasteiger partial charge in [0.1, 0.15) is 5.60 Å². The standard InChI is InChI=1S/C17H28N4O2S/c1-5-18-15(19-11-14-7-6-10-24-14)21-9-8-13(12-21)20-16(22)23-17(2,3)4/h6-7,10,13H,5,8-9,11-12H2,1-4H3,(H,18,19)(H,20,22). The molecular formula is C17H28N4O2S. The van der Waals surface area contributed by atoms with Gasteiger partial charge in [0.05, 0.1) is 12.6 Å². The number of carbonyl (C=O) groups excluding carboxylic acids is 1. The second-order valence-electron chi connectivity index (χ2n) is 6.83. The predicted molar refractivity (Wildman–Crippen MR) is 98.5 cm³/mol. The molecule has 2 rings (SSSR count). The number of alkyl carbamates (subject to hydrolysis) is 1. The van der Waals surface area contributed by atoms with Crippen LogP contribution in [0.3, 0.4) is 0 Å². The minimum atomic E-state index is -0.473. The Balaban J connectivity index is 1.88. The number of rotatable bonds is 4. The van der Waals surface area contributed by atoms with Crippen molar-refractivity contribution < 1.29 is 9.53 Å². The van der Waals surface area contributed by atoms with E-state index in [1.807, 2.05) is 26.8 Å². The Kier molecular flexibility index (Phi) is 6.48. The summed E-state index contributed by atoms with van der Waals surface area (Å²) < 4.78 is 5.33. The highest BCUT2D eigenvalue weighted by Gasteiger charge is 2.27. The molecule has 1 aromatic heterocycles. The van der Waals surface area contributed by atoms with Crippen LogP contribution in [-0.2, 0) is 11.3 Å². The average Bonchev–Trinajstić information content (AvgIpc) is 3.12. The quantitative estimate of drug-likeness (QED) is 0.646. The molecule has 24 heavy (non-hydrogen) atoms. The number of amides is 1. The molecule has 1 atom stereocenters. The van der Waals surface area contributed by atoms with Crippen LogP contribution in [0.15, 0.2) is 22.5 Å². The molecule has 0 radical (unpaired) electrons. The van der Waals surface area contributed by atoms with Crippen molar-refractivity contribution >= 4 is 23.4 Å². The summed E-state index contributed by atoms with van der Waals surface area (Å²) in [4.78, 5) is 20.0. The molecule has 0 aromatic carbocycles. The second-order valence-corrected chi connectivity index (χ2v) is 7.86. The van der Waals surface area contributed by atoms with E-state index in [9.17, 15) is 4.79 Å². The summed E-state index contributed by atoms with van der Waals surface area (Å²) >= 11 is 1.71. The normalized spacial score (nSPS) is 18.6. The number of carbonyl (C=O) groups is 1. The lowest BCUT2D eigenvalue weighted by molar-refractivity contribution is 0.0507. The molecule has 0 saturated carbocycles. The third kappa shape index (κ3) is 6.03. The topological polar surface area (TPSA) is 66.0 Å². The van der Waals surface area contributed by atoms with Gasteiger partial charge in [0, 0.05) is 24.5 Å². The van der Waals surface area contributed by atoms with Gasteiger partial charge in [-0.15, -0.1) is 11.3 Å². The van der Waals surface area contributed by atoms with Crippen LogP contribution in [0, 0.1) is 0 Å². The van der Waals surface area contributed by atoms with Crippen molar-refractivity contribution in [1.29, 1.82) is 0 Å². The number of nitrogens with one attached hydrogen (secondary N) is 2. The molecule has 134 valence electrons. The van der Waals surface area contributed by atoms with Gasteiger partial charge in [-0.05, 0) is 45.6 Å². The lowest BCUT2D eigenvalue weighted by Gasteiger charge is -2.23. The molecule has 1 unspecified atom stereocenters. The van der Waals surface area contributed by atoms with Crippen molar-refractivity contribution in [3.63, 3.8) is 0 Å². The van der Waals surface area contributed by atoms with Crippen molar-refractivity contribution in [3.05, 3.63) is 22.4 Å². The smallest absolute Gasteiger partial charge is 0.407 e. The fourth-order valence-corrected chi connectivity index (χ4v) is 3.15. The number of nitrogens with zero attached hydrogens (tertiary/aromatic N) is 2. The number of hydrogen-bond acceptors (Lipinski definition) is 4. The molecule has 0 aliphatic carbocycles. The molecule has 1 aliphatic rings. The first kappa shape index (κ1) is 18.6. The van der Waals surface area contributed by atoms with E-state index in [0.29, 0.717) is 6.54 Å². The van der Waals surface area contributed by atoms with E-state index in [0.717, 1.165) is 32.0 Å². The summed E-state index contributed by atoms with van der Waals surface area (Å²) in [6.45, 7) is 10.8. The number of likely N-dealkylation sites (tertiary alicyclic amines) is 1. The molecule has 1 amide bonds. The molecular weight excluding hydrogens is 324 g/mol. The van der Waals surface area contributed by atoms with Crippen LogP contribution in [0.5, 0.6) is 0 Å². The highest BCUT2D eigenvalue weighted by atomic mass is 32.1. The first-order valence-electron chi connectivity index (χ1n) is 8.42. The highest BCUT2D eigenvalue weighted by Crippen LogP contribution is 2.14. The van der Waals surface area contributed by atoms with Crippen LogP contribution in [0.4, 0.5) is 4.79 Å². The minimum Gasteiger partial charge on any atom is -0.444 e. The third-order valence-electron chi connectivity index (χ3n) is 3.51. The first-order chi connectivity index (χ1) is 11.4. The lowest BCUT2D eigenvalue weighted by Crippen LogP contribution is -2.44. The second kappa shape index (κ2) is 8.37. The fourth-order valence-electron chi connectivity index (χ4n) is 2.53. The number of guanidine groups is 1. The van der Waals surface area contributed by atoms with Gasteiger partial charge in [0.25, 0.3) is 0 Å². The van der Waals surface area contributed by atoms with Gasteiger partial charge < -0.3 is 20.3 Å². The SMILES string of the molecule is CCNC(=NCc1cccs1)N1CCC(NC(=O)OC(C)(C)C)C1. The van der Waals surface area contributed by atoms with Gasteiger partial charge in [-0.2, -0.15) is 0 Å². The molecule has 1 fully saturated rings. The summed E-state index contributed by atoms with van der Waals surface area (Å²) in [7, 11) is 0. The largest absolute Gasteiger partial charge is 0.444 e. The van der Waals surface area contributed by atoms with Gasteiger partial charge in [0.2, 0.25) is 0 Å². The third-order valence-corrected chi connectivity index (χ3v) is 4.37. The van der Waals surface area contributed by atoms with Crippen molar-refractivity contribution in [2.75, 3.05) is 19.6 Å². The molecule has 2 N–H and O–H groups in total. The van der Waals surface area contributed by atoms with E-state index < -0.39 is 5.60 Å². The van der Waals surface area contributed by atoms with Crippen molar-refractivity contribution in [2.24, 2.45) is 4.99 Å². The lowest BCUT2D eigenvalue weighted by atomic mass is 10.2. The van der Waals surface area contributed by atoms with E-state index in [1.54, 1.807) is 11.3 Å². The number of hydrogen-bond donors (Lipinski definition) is 2. The van der Waals surface area contributed by atoms with Crippen LogP contribution in [0.25, 0.3) is 0 Å². The molecule has 2 heterocycles. The predicted octanol–water partition coefficient (Wildman–Crippen LogP) is 2.81. The Morgan fingerprint density at radius 3 is 2.92 bits per heavy atom. The van der Waals surface area contributed by atoms with E-state index in [-0.39, 0.29) is 12.1 Å². The molecule has 6 nitrogen and oxygen atoms in total. The van der Waals surface area contributed by atoms with Gasteiger partial charge in [-0.3, -0.25) is 0 Å². The molecule has 0 bridgehead atoms. The number of ether oxygens (including phenoxy) is 1. The molecule has 1 saturated heterocycles. The van der Waals surface area contributed by atoms with Gasteiger partial charge >= 0.3 is 6.09 Å². The van der Waals surface area contributed by atoms with E-state index in [4.69, 9.17) is 9.73 Å². The molecule has 1 aromatic rings. The van der Waals surface area contributed by atoms with Crippen molar-refractivity contribution in [1.82, 2.24) is 15.5 Å². The summed E-state index contributed by atoms with van der Waals surface area (Å²) in [6, 6.07) is 4.22. The maximum Gasteiger partial charge on any atom is 0.407 e. The Hall–Kier alpha value is -1.76. The van der Waals surface area contributed by atoms with Gasteiger partial charge in [-0.25, -0.2) is 9.79 Å². The molecule has 0 spiro atoms. The summed E-state index contributed by atoms with van der Waals surface area (Å²) in [5.74, 6) is 0.902. The Morgan fingerprint density at radius 1 is 1.50 bits per heavy atom. The van der Waals surface area contributed by atoms with E-state index >= 15 is 0 Å². The zero-order chi connectivity index (χ0) is 17.6. The Bertz CT molecular complexity index is 551. The maximum atomic E-state index is 11.9. The van der Waals surface area contributed by atoms with Gasteiger partial charge in [0.15, 0.2) is 5.96 Å². The number of thiophene rings is 1. The van der Waals surface area contributed by atoms with Crippen molar-refractivity contribution in [2.45, 2.75) is 52.3 Å². The average molecular weight is 353 g/mol. The first-order valence-corrected chi connectivity index (χ1v) is 9.30. The van der Waals surface area contributed by atoms with Crippen LogP contribution < -0.4 is 10.6 Å². The van der Waals surface area contributed by atoms with Crippen LogP contribution >= 0.6 is 11.3 Å². The minimum absolute atomic E-state index is 0.0884. The summed E-state index contributed by atoms with van der Waals surface area (Å²) in [6.07, 6.45) is 0.540. The zero-order valence-electron chi connectivity index (χ0n) is 15.0. The Labute approximate surface area is 148 Å². The fraction of sp³-hybridized carbons (Fsp3) is 0.647. The maximum absolute atomic E-state index is 11.9. The van der Waals surface area contributed by atoms with Crippen LogP contribution in [0.2, 0.25) is 0 Å². The van der Waals surface area contributed by atoms with E-state index in [2.05, 4.69) is 33.9 Å². The monoisotopic (exact) mass is 352 g/mol. The molecule has 7 heteroatoms.